The Morgan fingerprint density at radius 2 is 1.81 bits per heavy atom. The van der Waals surface area contributed by atoms with E-state index in [4.69, 9.17) is 9.47 Å². The van der Waals surface area contributed by atoms with E-state index in [1.165, 1.54) is 18.2 Å². The Balaban J connectivity index is 1.66. The molecule has 0 aromatic heterocycles. The van der Waals surface area contributed by atoms with Crippen LogP contribution in [0, 0.1) is 5.92 Å². The second-order valence-electron chi connectivity index (χ2n) is 10.3. The van der Waals surface area contributed by atoms with E-state index in [0.717, 1.165) is 6.42 Å². The molecule has 0 amide bonds. The molecule has 7 N–H and O–H groups in total. The van der Waals surface area contributed by atoms with Crippen LogP contribution in [0.2, 0.25) is 0 Å². The largest absolute Gasteiger partial charge is 0.507 e. The third-order valence-corrected chi connectivity index (χ3v) is 7.91. The van der Waals surface area contributed by atoms with Gasteiger partial charge in [0.15, 0.2) is 12.1 Å². The van der Waals surface area contributed by atoms with E-state index in [1.54, 1.807) is 0 Å². The van der Waals surface area contributed by atoms with Crippen molar-refractivity contribution >= 4 is 11.6 Å². The first-order valence-corrected chi connectivity index (χ1v) is 12.4. The summed E-state index contributed by atoms with van der Waals surface area (Å²) in [5.41, 5.74) is 2.11. The summed E-state index contributed by atoms with van der Waals surface area (Å²) in [5.74, 6) is -2.48. The third kappa shape index (κ3) is 3.78. The first-order valence-electron chi connectivity index (χ1n) is 12.4. The molecule has 5 rings (SSSR count). The van der Waals surface area contributed by atoms with Crippen LogP contribution in [0.5, 0.6) is 17.2 Å². The smallest absolute Gasteiger partial charge is 0.202 e. The lowest BCUT2D eigenvalue weighted by atomic mass is 9.72. The summed E-state index contributed by atoms with van der Waals surface area (Å²) in [5, 5.41) is 44.3. The molecule has 0 bridgehead atoms. The fraction of sp³-hybridized carbons (Fsp3) is 0.481. The molecule has 2 aliphatic carbocycles. The topological polar surface area (TPSA) is 161 Å². The van der Waals surface area contributed by atoms with E-state index >= 15 is 0 Å². The van der Waals surface area contributed by atoms with Crippen LogP contribution in [0.4, 0.5) is 0 Å². The van der Waals surface area contributed by atoms with Gasteiger partial charge in [0.2, 0.25) is 5.78 Å². The number of carbonyl (C=O) groups excluding carboxylic acids is 2. The molecule has 1 aliphatic heterocycles. The minimum absolute atomic E-state index is 0.0246. The standard InChI is InChI=1S/C27H31NO8/c1-3-27(34)9-15-20(17(10-27)36-18-8-13(11-28)7-12(2)35-18)26(33)22-21(24(15)31)23(30)14-5-4-6-16(29)19(14)25(22)32/h4-6,12-13,17-18,29,31,33-34H,3,7-11,28H2,1-2H3/p+1/t12-,13+,17-,18-,27-/m0/s1. The predicted molar refractivity (Wildman–Crippen MR) is 127 cm³/mol. The molecular formula is C27H32NO8+. The summed E-state index contributed by atoms with van der Waals surface area (Å²) in [4.78, 5) is 26.8. The molecule has 3 aliphatic rings. The number of phenols is 3. The number of aliphatic hydroxyl groups is 1. The van der Waals surface area contributed by atoms with Gasteiger partial charge in [-0.15, -0.1) is 0 Å². The number of ether oxygens (including phenoxy) is 2. The van der Waals surface area contributed by atoms with Crippen LogP contribution in [0.15, 0.2) is 18.2 Å². The Kier molecular flexibility index (Phi) is 6.07. The van der Waals surface area contributed by atoms with Crippen molar-refractivity contribution in [3.63, 3.8) is 0 Å². The summed E-state index contributed by atoms with van der Waals surface area (Å²) in [6.45, 7) is 4.47. The number of hydrogen-bond acceptors (Lipinski definition) is 8. The number of hydrogen-bond donors (Lipinski definition) is 5. The van der Waals surface area contributed by atoms with Gasteiger partial charge in [-0.2, -0.15) is 0 Å². The average molecular weight is 499 g/mol. The van der Waals surface area contributed by atoms with Crippen LogP contribution in [0.25, 0.3) is 0 Å². The molecule has 192 valence electrons. The number of quaternary nitrogens is 1. The molecule has 0 saturated carbocycles. The molecule has 1 fully saturated rings. The maximum atomic E-state index is 13.4. The van der Waals surface area contributed by atoms with E-state index in [9.17, 15) is 30.0 Å². The summed E-state index contributed by atoms with van der Waals surface area (Å²) >= 11 is 0. The van der Waals surface area contributed by atoms with Crippen molar-refractivity contribution in [3.05, 3.63) is 51.6 Å². The number of fused-ring (bicyclic) bond motifs is 3. The van der Waals surface area contributed by atoms with Gasteiger partial charge >= 0.3 is 0 Å². The molecule has 1 heterocycles. The molecule has 9 heteroatoms. The number of rotatable bonds is 4. The maximum Gasteiger partial charge on any atom is 0.202 e. The summed E-state index contributed by atoms with van der Waals surface area (Å²) in [6, 6.07) is 4.12. The van der Waals surface area contributed by atoms with E-state index in [1.807, 2.05) is 13.8 Å². The maximum absolute atomic E-state index is 13.4. The fourth-order valence-corrected chi connectivity index (χ4v) is 5.94. The lowest BCUT2D eigenvalue weighted by Crippen LogP contribution is -2.55. The highest BCUT2D eigenvalue weighted by atomic mass is 16.7. The molecule has 9 nitrogen and oxygen atoms in total. The Labute approximate surface area is 208 Å². The van der Waals surface area contributed by atoms with Crippen molar-refractivity contribution in [2.24, 2.45) is 5.92 Å². The molecule has 0 spiro atoms. The normalized spacial score (nSPS) is 29.4. The van der Waals surface area contributed by atoms with Crippen molar-refractivity contribution in [1.82, 2.24) is 0 Å². The van der Waals surface area contributed by atoms with Gasteiger partial charge < -0.3 is 35.6 Å². The highest BCUT2D eigenvalue weighted by Crippen LogP contribution is 2.52. The SMILES string of the molecule is CC[C@]1(O)Cc2c(O)c3c(c(O)c2[C@@H](O[C@H]2C[C@H](C[NH3+])C[C@H](C)O2)C1)C(=O)c1c(O)cccc1C3=O. The molecule has 36 heavy (non-hydrogen) atoms. The van der Waals surface area contributed by atoms with Crippen LogP contribution in [0.3, 0.4) is 0 Å². The van der Waals surface area contributed by atoms with E-state index in [0.29, 0.717) is 19.4 Å². The van der Waals surface area contributed by atoms with Crippen LogP contribution >= 0.6 is 0 Å². The molecule has 1 saturated heterocycles. The molecule has 0 unspecified atom stereocenters. The fourth-order valence-electron chi connectivity index (χ4n) is 5.94. The summed E-state index contributed by atoms with van der Waals surface area (Å²) < 4.78 is 12.3. The second kappa shape index (κ2) is 8.85. The van der Waals surface area contributed by atoms with Gasteiger partial charge in [0.05, 0.1) is 41.0 Å². The van der Waals surface area contributed by atoms with Gasteiger partial charge in [0, 0.05) is 41.9 Å². The Morgan fingerprint density at radius 3 is 2.50 bits per heavy atom. The molecule has 2 aromatic carbocycles. The first-order chi connectivity index (χ1) is 17.1. The lowest BCUT2D eigenvalue weighted by molar-refractivity contribution is -0.387. The minimum atomic E-state index is -1.26. The molecule has 0 radical (unpaired) electrons. The molecule has 2 aromatic rings. The van der Waals surface area contributed by atoms with Crippen LogP contribution in [0.1, 0.15) is 88.6 Å². The van der Waals surface area contributed by atoms with Gasteiger partial charge in [-0.1, -0.05) is 19.1 Å². The van der Waals surface area contributed by atoms with Crippen molar-refractivity contribution < 1.29 is 45.2 Å². The number of carbonyl (C=O) groups is 2. The van der Waals surface area contributed by atoms with Crippen molar-refractivity contribution in [2.75, 3.05) is 6.54 Å². The van der Waals surface area contributed by atoms with Crippen molar-refractivity contribution in [3.8, 4) is 17.2 Å². The van der Waals surface area contributed by atoms with Gasteiger partial charge in [-0.05, 0) is 25.8 Å². The van der Waals surface area contributed by atoms with Crippen LogP contribution in [-0.2, 0) is 15.9 Å². The Morgan fingerprint density at radius 1 is 1.08 bits per heavy atom. The quantitative estimate of drug-likeness (QED) is 0.342. The van der Waals surface area contributed by atoms with Gasteiger partial charge in [0.25, 0.3) is 0 Å². The summed E-state index contributed by atoms with van der Waals surface area (Å²) in [7, 11) is 0. The number of aromatic hydroxyl groups is 3. The van der Waals surface area contributed by atoms with E-state index < -0.39 is 41.1 Å². The molecule has 5 atom stereocenters. The zero-order valence-corrected chi connectivity index (χ0v) is 20.4. The zero-order chi connectivity index (χ0) is 25.9. The zero-order valence-electron chi connectivity index (χ0n) is 20.4. The monoisotopic (exact) mass is 498 g/mol. The Bertz CT molecular complexity index is 1260. The third-order valence-electron chi connectivity index (χ3n) is 7.91. The lowest BCUT2D eigenvalue weighted by Gasteiger charge is -2.42. The van der Waals surface area contributed by atoms with E-state index in [-0.39, 0.29) is 64.0 Å². The van der Waals surface area contributed by atoms with E-state index in [2.05, 4.69) is 5.73 Å². The highest BCUT2D eigenvalue weighted by molar-refractivity contribution is 6.31. The number of ketones is 2. The van der Waals surface area contributed by atoms with Crippen LogP contribution in [-0.4, -0.2) is 56.5 Å². The molecular weight excluding hydrogens is 466 g/mol. The minimum Gasteiger partial charge on any atom is -0.507 e. The number of phenolic OH excluding ortho intramolecular Hbond substituents is 3. The number of benzene rings is 2. The first kappa shape index (κ1) is 24.7. The van der Waals surface area contributed by atoms with Crippen molar-refractivity contribution in [1.29, 1.82) is 0 Å². The second-order valence-corrected chi connectivity index (χ2v) is 10.3. The Hall–Kier alpha value is -2.98. The van der Waals surface area contributed by atoms with Gasteiger partial charge in [-0.25, -0.2) is 0 Å². The summed E-state index contributed by atoms with van der Waals surface area (Å²) in [6.07, 6.45) is 0.271. The van der Waals surface area contributed by atoms with Gasteiger partial charge in [-0.3, -0.25) is 9.59 Å². The average Bonchev–Trinajstić information content (AvgIpc) is 2.83. The predicted octanol–water partition coefficient (Wildman–Crippen LogP) is 2.11. The van der Waals surface area contributed by atoms with Crippen molar-refractivity contribution in [2.45, 2.75) is 70.1 Å². The van der Waals surface area contributed by atoms with Gasteiger partial charge in [0.1, 0.15) is 17.2 Å². The van der Waals surface area contributed by atoms with Crippen LogP contribution < -0.4 is 5.73 Å². The highest BCUT2D eigenvalue weighted by Gasteiger charge is 2.46.